The Kier molecular flexibility index (Phi) is 5.02. The fourth-order valence-electron chi connectivity index (χ4n) is 1.87. The SMILES string of the molecule is CC.COc1ccc2cc(O)c(C(C)C)cc2c1. The van der Waals surface area contributed by atoms with Crippen molar-refractivity contribution in [3.8, 4) is 11.5 Å². The highest BCUT2D eigenvalue weighted by molar-refractivity contribution is 5.86. The Balaban J connectivity index is 0.000000771. The summed E-state index contributed by atoms with van der Waals surface area (Å²) in [5.74, 6) is 1.52. The molecule has 2 heteroatoms. The summed E-state index contributed by atoms with van der Waals surface area (Å²) >= 11 is 0. The largest absolute Gasteiger partial charge is 0.508 e. The summed E-state index contributed by atoms with van der Waals surface area (Å²) in [6.45, 7) is 8.14. The average molecular weight is 246 g/mol. The highest BCUT2D eigenvalue weighted by atomic mass is 16.5. The van der Waals surface area contributed by atoms with Crippen LogP contribution in [0.5, 0.6) is 11.5 Å². The Morgan fingerprint density at radius 1 is 1.00 bits per heavy atom. The van der Waals surface area contributed by atoms with Crippen LogP contribution in [0.25, 0.3) is 10.8 Å². The van der Waals surface area contributed by atoms with Crippen molar-refractivity contribution in [2.24, 2.45) is 0 Å². The maximum absolute atomic E-state index is 9.87. The first kappa shape index (κ1) is 14.4. The zero-order chi connectivity index (χ0) is 13.7. The van der Waals surface area contributed by atoms with Crippen LogP contribution in [0.2, 0.25) is 0 Å². The van der Waals surface area contributed by atoms with E-state index in [2.05, 4.69) is 13.8 Å². The Labute approximate surface area is 109 Å². The first-order valence-electron chi connectivity index (χ1n) is 6.42. The minimum absolute atomic E-state index is 0.315. The van der Waals surface area contributed by atoms with Crippen LogP contribution in [-0.2, 0) is 0 Å². The highest BCUT2D eigenvalue weighted by Gasteiger charge is 2.07. The fourth-order valence-corrected chi connectivity index (χ4v) is 1.87. The van der Waals surface area contributed by atoms with Crippen LogP contribution >= 0.6 is 0 Å². The molecule has 0 bridgehead atoms. The predicted octanol–water partition coefficient (Wildman–Crippen LogP) is 4.70. The van der Waals surface area contributed by atoms with Gasteiger partial charge in [-0.2, -0.15) is 0 Å². The number of hydrogen-bond acceptors (Lipinski definition) is 2. The number of rotatable bonds is 2. The van der Waals surface area contributed by atoms with Gasteiger partial charge in [0.05, 0.1) is 7.11 Å². The van der Waals surface area contributed by atoms with Gasteiger partial charge in [-0.05, 0) is 46.5 Å². The lowest BCUT2D eigenvalue weighted by molar-refractivity contribution is 0.415. The van der Waals surface area contributed by atoms with Crippen molar-refractivity contribution >= 4 is 10.8 Å². The Bertz CT molecular complexity index is 516. The summed E-state index contributed by atoms with van der Waals surface area (Å²) < 4.78 is 5.19. The van der Waals surface area contributed by atoms with Gasteiger partial charge >= 0.3 is 0 Å². The van der Waals surface area contributed by atoms with Crippen molar-refractivity contribution in [2.75, 3.05) is 7.11 Å². The highest BCUT2D eigenvalue weighted by Crippen LogP contribution is 2.31. The summed E-state index contributed by atoms with van der Waals surface area (Å²) in [5, 5.41) is 12.0. The molecule has 0 radical (unpaired) electrons. The van der Waals surface area contributed by atoms with Crippen LogP contribution in [0.15, 0.2) is 30.3 Å². The van der Waals surface area contributed by atoms with E-state index in [1.54, 1.807) is 7.11 Å². The van der Waals surface area contributed by atoms with Gasteiger partial charge in [0.15, 0.2) is 0 Å². The number of hydrogen-bond donors (Lipinski definition) is 1. The van der Waals surface area contributed by atoms with Crippen molar-refractivity contribution in [2.45, 2.75) is 33.6 Å². The van der Waals surface area contributed by atoms with Crippen LogP contribution < -0.4 is 4.74 Å². The maximum atomic E-state index is 9.87. The lowest BCUT2D eigenvalue weighted by atomic mass is 9.98. The number of phenols is 1. The predicted molar refractivity (Wildman–Crippen MR) is 77.6 cm³/mol. The standard InChI is InChI=1S/C14H16O2.C2H6/c1-9(2)13-7-11-6-12(16-3)5-4-10(11)8-14(13)15;1-2/h4-9,15H,1-3H3;1-2H3. The van der Waals surface area contributed by atoms with Gasteiger partial charge < -0.3 is 9.84 Å². The molecule has 2 aromatic carbocycles. The number of ether oxygens (including phenoxy) is 1. The summed E-state index contributed by atoms with van der Waals surface area (Å²) in [4.78, 5) is 0. The van der Waals surface area contributed by atoms with E-state index in [9.17, 15) is 5.11 Å². The second-order valence-electron chi connectivity index (χ2n) is 4.28. The van der Waals surface area contributed by atoms with Gasteiger partial charge in [-0.15, -0.1) is 0 Å². The molecule has 0 saturated carbocycles. The number of phenolic OH excluding ortho intramolecular Hbond substituents is 1. The lowest BCUT2D eigenvalue weighted by Gasteiger charge is -2.10. The van der Waals surface area contributed by atoms with E-state index >= 15 is 0 Å². The molecule has 18 heavy (non-hydrogen) atoms. The Morgan fingerprint density at radius 2 is 1.67 bits per heavy atom. The summed E-state index contributed by atoms with van der Waals surface area (Å²) in [7, 11) is 1.66. The van der Waals surface area contributed by atoms with Crippen molar-refractivity contribution in [1.82, 2.24) is 0 Å². The van der Waals surface area contributed by atoms with E-state index in [4.69, 9.17) is 4.74 Å². The van der Waals surface area contributed by atoms with E-state index < -0.39 is 0 Å². The van der Waals surface area contributed by atoms with E-state index in [1.165, 1.54) is 0 Å². The molecule has 0 saturated heterocycles. The van der Waals surface area contributed by atoms with E-state index in [-0.39, 0.29) is 0 Å². The topological polar surface area (TPSA) is 29.5 Å². The molecule has 98 valence electrons. The molecule has 2 rings (SSSR count). The van der Waals surface area contributed by atoms with Crippen molar-refractivity contribution in [1.29, 1.82) is 0 Å². The Morgan fingerprint density at radius 3 is 2.22 bits per heavy atom. The van der Waals surface area contributed by atoms with Crippen LogP contribution in [0.4, 0.5) is 0 Å². The number of benzene rings is 2. The summed E-state index contributed by atoms with van der Waals surface area (Å²) in [6, 6.07) is 9.68. The molecular weight excluding hydrogens is 224 g/mol. The van der Waals surface area contributed by atoms with Crippen LogP contribution in [0.3, 0.4) is 0 Å². The normalized spacial score (nSPS) is 10.1. The molecule has 2 aromatic rings. The number of fused-ring (bicyclic) bond motifs is 1. The molecule has 0 atom stereocenters. The second kappa shape index (κ2) is 6.29. The monoisotopic (exact) mass is 246 g/mol. The molecule has 0 amide bonds. The molecular formula is C16H22O2. The fraction of sp³-hybridized carbons (Fsp3) is 0.375. The third kappa shape index (κ3) is 2.95. The molecule has 0 aromatic heterocycles. The number of aromatic hydroxyl groups is 1. The molecule has 0 aliphatic heterocycles. The van der Waals surface area contributed by atoms with Gasteiger partial charge in [0.2, 0.25) is 0 Å². The molecule has 0 fully saturated rings. The summed E-state index contributed by atoms with van der Waals surface area (Å²) in [5.41, 5.74) is 0.973. The second-order valence-corrected chi connectivity index (χ2v) is 4.28. The van der Waals surface area contributed by atoms with Gasteiger partial charge in [-0.25, -0.2) is 0 Å². The van der Waals surface area contributed by atoms with Crippen molar-refractivity contribution < 1.29 is 9.84 Å². The third-order valence-electron chi connectivity index (χ3n) is 2.81. The van der Waals surface area contributed by atoms with Gasteiger partial charge in [0, 0.05) is 0 Å². The lowest BCUT2D eigenvalue weighted by Crippen LogP contribution is -1.89. The van der Waals surface area contributed by atoms with Crippen molar-refractivity contribution in [3.05, 3.63) is 35.9 Å². The van der Waals surface area contributed by atoms with Crippen molar-refractivity contribution in [3.63, 3.8) is 0 Å². The quantitative estimate of drug-likeness (QED) is 0.832. The van der Waals surface area contributed by atoms with E-state index in [0.717, 1.165) is 22.1 Å². The Hall–Kier alpha value is -1.70. The van der Waals surface area contributed by atoms with Gasteiger partial charge in [-0.3, -0.25) is 0 Å². The summed E-state index contributed by atoms with van der Waals surface area (Å²) in [6.07, 6.45) is 0. The first-order valence-corrected chi connectivity index (χ1v) is 6.42. The van der Waals surface area contributed by atoms with Crippen LogP contribution in [-0.4, -0.2) is 12.2 Å². The zero-order valence-electron chi connectivity index (χ0n) is 11.8. The van der Waals surface area contributed by atoms with Crippen LogP contribution in [0.1, 0.15) is 39.2 Å². The molecule has 1 N–H and O–H groups in total. The van der Waals surface area contributed by atoms with Gasteiger partial charge in [-0.1, -0.05) is 33.8 Å². The van der Waals surface area contributed by atoms with E-state index in [1.807, 2.05) is 44.2 Å². The van der Waals surface area contributed by atoms with Gasteiger partial charge in [0.25, 0.3) is 0 Å². The van der Waals surface area contributed by atoms with Crippen LogP contribution in [0, 0.1) is 0 Å². The third-order valence-corrected chi connectivity index (χ3v) is 2.81. The molecule has 0 heterocycles. The molecule has 0 spiro atoms. The smallest absolute Gasteiger partial charge is 0.119 e. The maximum Gasteiger partial charge on any atom is 0.119 e. The minimum atomic E-state index is 0.315. The average Bonchev–Trinajstić information content (AvgIpc) is 2.39. The molecule has 0 aliphatic carbocycles. The number of methoxy groups -OCH3 is 1. The zero-order valence-corrected chi connectivity index (χ0v) is 11.8. The van der Waals surface area contributed by atoms with Gasteiger partial charge in [0.1, 0.15) is 11.5 Å². The molecule has 0 unspecified atom stereocenters. The first-order chi connectivity index (χ1) is 8.61. The molecule has 2 nitrogen and oxygen atoms in total. The minimum Gasteiger partial charge on any atom is -0.508 e. The van der Waals surface area contributed by atoms with E-state index in [0.29, 0.717) is 11.7 Å². The molecule has 0 aliphatic rings.